The molecular formula is C18H18N4O4. The van der Waals surface area contributed by atoms with Crippen LogP contribution in [0.3, 0.4) is 0 Å². The van der Waals surface area contributed by atoms with Crippen LogP contribution in [0.1, 0.15) is 46.7 Å². The normalized spacial score (nSPS) is 18.2. The van der Waals surface area contributed by atoms with E-state index >= 15 is 0 Å². The number of carbonyl (C=O) groups is 1. The van der Waals surface area contributed by atoms with Crippen LogP contribution in [0.4, 0.5) is 0 Å². The van der Waals surface area contributed by atoms with E-state index < -0.39 is 0 Å². The van der Waals surface area contributed by atoms with Gasteiger partial charge in [0.2, 0.25) is 11.4 Å². The van der Waals surface area contributed by atoms with Crippen LogP contribution in [0.2, 0.25) is 0 Å². The monoisotopic (exact) mass is 354 g/mol. The topological polar surface area (TPSA) is 94.5 Å². The van der Waals surface area contributed by atoms with Gasteiger partial charge >= 0.3 is 0 Å². The van der Waals surface area contributed by atoms with Gasteiger partial charge in [-0.1, -0.05) is 5.16 Å². The molecule has 1 amide bonds. The van der Waals surface area contributed by atoms with E-state index in [0.717, 1.165) is 43.4 Å². The molecule has 5 rings (SSSR count). The van der Waals surface area contributed by atoms with Crippen molar-refractivity contribution in [3.63, 3.8) is 0 Å². The smallest absolute Gasteiger partial charge is 0.293 e. The Labute approximate surface area is 149 Å². The number of hydrogen-bond acceptors (Lipinski definition) is 7. The van der Waals surface area contributed by atoms with Gasteiger partial charge in [0, 0.05) is 38.3 Å². The summed E-state index contributed by atoms with van der Waals surface area (Å²) in [6.45, 7) is 2.48. The van der Waals surface area contributed by atoms with Gasteiger partial charge in [0.15, 0.2) is 5.89 Å². The molecule has 0 N–H and O–H groups in total. The molecule has 1 fully saturated rings. The van der Waals surface area contributed by atoms with Gasteiger partial charge in [-0.25, -0.2) is 9.97 Å². The van der Waals surface area contributed by atoms with E-state index in [-0.39, 0.29) is 11.7 Å². The quantitative estimate of drug-likeness (QED) is 0.697. The van der Waals surface area contributed by atoms with Crippen molar-refractivity contribution in [3.05, 3.63) is 41.4 Å². The van der Waals surface area contributed by atoms with E-state index in [1.165, 1.54) is 0 Å². The summed E-state index contributed by atoms with van der Waals surface area (Å²) in [5.74, 6) is 2.01. The van der Waals surface area contributed by atoms with Crippen LogP contribution in [0.5, 0.6) is 0 Å². The maximum Gasteiger partial charge on any atom is 0.293 e. The lowest BCUT2D eigenvalue weighted by Gasteiger charge is -2.24. The first kappa shape index (κ1) is 15.5. The molecule has 5 heterocycles. The van der Waals surface area contributed by atoms with Crippen molar-refractivity contribution in [2.24, 2.45) is 0 Å². The largest absolute Gasteiger partial charge is 0.445 e. The molecule has 0 aliphatic carbocycles. The van der Waals surface area contributed by atoms with Gasteiger partial charge in [0.1, 0.15) is 11.5 Å². The summed E-state index contributed by atoms with van der Waals surface area (Å²) in [4.78, 5) is 23.4. The van der Waals surface area contributed by atoms with E-state index in [4.69, 9.17) is 13.7 Å². The third-order valence-electron chi connectivity index (χ3n) is 5.05. The van der Waals surface area contributed by atoms with Gasteiger partial charge in [0.25, 0.3) is 5.91 Å². The minimum absolute atomic E-state index is 0.193. The van der Waals surface area contributed by atoms with Gasteiger partial charge in [-0.15, -0.1) is 0 Å². The summed E-state index contributed by atoms with van der Waals surface area (Å²) in [5, 5.41) is 4.50. The average Bonchev–Trinajstić information content (AvgIpc) is 3.32. The van der Waals surface area contributed by atoms with Crippen molar-refractivity contribution in [2.75, 3.05) is 19.8 Å². The average molecular weight is 354 g/mol. The Bertz CT molecular complexity index is 957. The number of amides is 1. The third kappa shape index (κ3) is 2.57. The molecule has 0 saturated carbocycles. The number of hydrogen-bond donors (Lipinski definition) is 0. The molecule has 26 heavy (non-hydrogen) atoms. The first-order valence-corrected chi connectivity index (χ1v) is 8.85. The minimum Gasteiger partial charge on any atom is -0.445 e. The first-order chi connectivity index (χ1) is 12.8. The highest BCUT2D eigenvalue weighted by atomic mass is 16.5. The fraction of sp³-hybridized carbons (Fsp3) is 0.444. The van der Waals surface area contributed by atoms with E-state index in [1.54, 1.807) is 23.2 Å². The van der Waals surface area contributed by atoms with Gasteiger partial charge in [-0.3, -0.25) is 4.79 Å². The lowest BCUT2D eigenvalue weighted by molar-refractivity contribution is 0.0687. The SMILES string of the molecule is O=C(c1onc2ncccc12)N1CCc2oc(C3CCOCC3)nc2C1. The van der Waals surface area contributed by atoms with Gasteiger partial charge in [0.05, 0.1) is 11.9 Å². The Morgan fingerprint density at radius 1 is 1.27 bits per heavy atom. The molecule has 8 nitrogen and oxygen atoms in total. The van der Waals surface area contributed by atoms with Crippen LogP contribution in [-0.4, -0.2) is 45.7 Å². The Morgan fingerprint density at radius 2 is 2.15 bits per heavy atom. The second-order valence-electron chi connectivity index (χ2n) is 6.67. The Morgan fingerprint density at radius 3 is 3.04 bits per heavy atom. The minimum atomic E-state index is -0.193. The molecule has 2 aliphatic heterocycles. The zero-order valence-electron chi connectivity index (χ0n) is 14.2. The summed E-state index contributed by atoms with van der Waals surface area (Å²) >= 11 is 0. The van der Waals surface area contributed by atoms with Crippen LogP contribution < -0.4 is 0 Å². The number of fused-ring (bicyclic) bond motifs is 2. The van der Waals surface area contributed by atoms with Crippen molar-refractivity contribution >= 4 is 16.9 Å². The second kappa shape index (κ2) is 6.21. The maximum absolute atomic E-state index is 12.9. The van der Waals surface area contributed by atoms with Crippen LogP contribution in [-0.2, 0) is 17.7 Å². The zero-order valence-corrected chi connectivity index (χ0v) is 14.2. The summed E-state index contributed by atoms with van der Waals surface area (Å²) in [6, 6.07) is 3.56. The molecule has 3 aromatic rings. The van der Waals surface area contributed by atoms with Crippen LogP contribution in [0.15, 0.2) is 27.3 Å². The Kier molecular flexibility index (Phi) is 3.70. The molecule has 0 aromatic carbocycles. The van der Waals surface area contributed by atoms with Crippen molar-refractivity contribution < 1.29 is 18.5 Å². The summed E-state index contributed by atoms with van der Waals surface area (Å²) < 4.78 is 16.6. The van der Waals surface area contributed by atoms with Crippen molar-refractivity contribution in [1.29, 1.82) is 0 Å². The van der Waals surface area contributed by atoms with Crippen molar-refractivity contribution in [2.45, 2.75) is 31.7 Å². The number of nitrogens with zero attached hydrogens (tertiary/aromatic N) is 4. The molecule has 3 aromatic heterocycles. The molecule has 0 atom stereocenters. The van der Waals surface area contributed by atoms with E-state index in [0.29, 0.717) is 36.5 Å². The molecule has 0 spiro atoms. The fourth-order valence-corrected chi connectivity index (χ4v) is 3.59. The van der Waals surface area contributed by atoms with E-state index in [2.05, 4.69) is 15.1 Å². The van der Waals surface area contributed by atoms with Gasteiger partial charge in [-0.05, 0) is 25.0 Å². The fourth-order valence-electron chi connectivity index (χ4n) is 3.59. The number of aromatic nitrogens is 3. The van der Waals surface area contributed by atoms with E-state index in [1.807, 2.05) is 0 Å². The number of ether oxygens (including phenoxy) is 1. The van der Waals surface area contributed by atoms with Crippen LogP contribution in [0, 0.1) is 0 Å². The second-order valence-corrected chi connectivity index (χ2v) is 6.67. The summed E-state index contributed by atoms with van der Waals surface area (Å²) in [6.07, 6.45) is 4.14. The number of rotatable bonds is 2. The van der Waals surface area contributed by atoms with Gasteiger partial charge < -0.3 is 18.6 Å². The Hall–Kier alpha value is -2.74. The zero-order chi connectivity index (χ0) is 17.5. The molecule has 0 unspecified atom stereocenters. The standard InChI is InChI=1S/C18H18N4O4/c23-18(15-12-2-1-6-19-16(12)21-26-15)22-7-3-14-13(10-22)20-17(25-14)11-4-8-24-9-5-11/h1-2,6,11H,3-5,7-10H2. The highest BCUT2D eigenvalue weighted by molar-refractivity contribution is 6.02. The molecular weight excluding hydrogens is 336 g/mol. The maximum atomic E-state index is 12.9. The molecule has 134 valence electrons. The van der Waals surface area contributed by atoms with Crippen LogP contribution >= 0.6 is 0 Å². The number of pyridine rings is 1. The Balaban J connectivity index is 1.38. The lowest BCUT2D eigenvalue weighted by atomic mass is 10.0. The lowest BCUT2D eigenvalue weighted by Crippen LogP contribution is -2.35. The van der Waals surface area contributed by atoms with Gasteiger partial charge in [-0.2, -0.15) is 0 Å². The highest BCUT2D eigenvalue weighted by Gasteiger charge is 2.31. The third-order valence-corrected chi connectivity index (χ3v) is 5.05. The molecule has 0 radical (unpaired) electrons. The molecule has 8 heteroatoms. The molecule has 1 saturated heterocycles. The van der Waals surface area contributed by atoms with Crippen LogP contribution in [0.25, 0.3) is 11.0 Å². The number of carbonyl (C=O) groups excluding carboxylic acids is 1. The molecule has 2 aliphatic rings. The van der Waals surface area contributed by atoms with Crippen molar-refractivity contribution in [3.8, 4) is 0 Å². The summed E-state index contributed by atoms with van der Waals surface area (Å²) in [7, 11) is 0. The first-order valence-electron chi connectivity index (χ1n) is 8.85. The van der Waals surface area contributed by atoms with E-state index in [9.17, 15) is 4.79 Å². The highest BCUT2D eigenvalue weighted by Crippen LogP contribution is 2.30. The summed E-state index contributed by atoms with van der Waals surface area (Å²) in [5.41, 5.74) is 1.28. The predicted octanol–water partition coefficient (Wildman–Crippen LogP) is 2.30. The predicted molar refractivity (Wildman–Crippen MR) is 89.5 cm³/mol. The molecule has 0 bridgehead atoms. The van der Waals surface area contributed by atoms with Crippen molar-refractivity contribution in [1.82, 2.24) is 20.0 Å². The number of oxazole rings is 1.